The van der Waals surface area contributed by atoms with Crippen LogP contribution in [0.3, 0.4) is 0 Å². The molecule has 2 aromatic rings. The smallest absolute Gasteiger partial charge is 0.255 e. The Morgan fingerprint density at radius 2 is 1.86 bits per heavy atom. The Balaban J connectivity index is 1.39. The zero-order chi connectivity index (χ0) is 30.6. The Morgan fingerprint density at radius 1 is 1.14 bits per heavy atom. The van der Waals surface area contributed by atoms with Gasteiger partial charge in [0.25, 0.3) is 11.8 Å². The number of hydrogen-bond donors (Lipinski definition) is 1. The van der Waals surface area contributed by atoms with Gasteiger partial charge in [-0.2, -0.15) is 0 Å². The molecular weight excluding hydrogens is 560 g/mol. The monoisotopic (exact) mass is 595 g/mol. The molecule has 0 bridgehead atoms. The molecule has 2 heterocycles. The number of likely N-dealkylation sites (tertiary alicyclic amines) is 1. The van der Waals surface area contributed by atoms with E-state index in [1.807, 2.05) is 0 Å². The Kier molecular flexibility index (Phi) is 9.59. The molecule has 1 saturated heterocycles. The molecule has 42 heavy (non-hydrogen) atoms. The molecule has 1 atom stereocenters. The number of ether oxygens (including phenoxy) is 1. The summed E-state index contributed by atoms with van der Waals surface area (Å²) in [5.41, 5.74) is 6.54. The number of halogens is 2. The van der Waals surface area contributed by atoms with E-state index in [4.69, 9.17) is 10.5 Å². The fourth-order valence-electron chi connectivity index (χ4n) is 5.00. The Bertz CT molecular complexity index is 1450. The lowest BCUT2D eigenvalue weighted by atomic mass is 10.0. The summed E-state index contributed by atoms with van der Waals surface area (Å²) < 4.78 is 34.2. The SMILES string of the molecule is C[Si](C)(C)CCOCN1C(=O)CCC(N2Cc3c(C#CCCCc4c(F)cc(C(N)=O)cc4F)cccc3C2=O)C1=O. The number of benzene rings is 2. The molecule has 0 spiro atoms. The lowest BCUT2D eigenvalue weighted by molar-refractivity contribution is -0.158. The molecule has 1 fully saturated rings. The molecule has 2 aromatic carbocycles. The molecule has 0 aliphatic carbocycles. The van der Waals surface area contributed by atoms with Crippen molar-refractivity contribution in [2.45, 2.75) is 70.4 Å². The third-order valence-electron chi connectivity index (χ3n) is 7.45. The minimum Gasteiger partial charge on any atom is -0.366 e. The average Bonchev–Trinajstić information content (AvgIpc) is 3.25. The van der Waals surface area contributed by atoms with Gasteiger partial charge in [0.1, 0.15) is 24.4 Å². The number of fused-ring (bicyclic) bond motifs is 1. The van der Waals surface area contributed by atoms with Crippen LogP contribution in [0.15, 0.2) is 30.3 Å². The van der Waals surface area contributed by atoms with Gasteiger partial charge in [-0.3, -0.25) is 24.1 Å². The molecule has 11 heteroatoms. The van der Waals surface area contributed by atoms with Crippen LogP contribution >= 0.6 is 0 Å². The van der Waals surface area contributed by atoms with Crippen LogP contribution in [0.4, 0.5) is 8.78 Å². The molecule has 2 N–H and O–H groups in total. The van der Waals surface area contributed by atoms with Crippen molar-refractivity contribution in [3.8, 4) is 11.8 Å². The predicted molar refractivity (Wildman–Crippen MR) is 155 cm³/mol. The fourth-order valence-corrected chi connectivity index (χ4v) is 5.76. The van der Waals surface area contributed by atoms with Crippen molar-refractivity contribution in [1.29, 1.82) is 0 Å². The first-order valence-electron chi connectivity index (χ1n) is 14.0. The molecule has 4 amide bonds. The Hall–Kier alpha value is -3.88. The van der Waals surface area contributed by atoms with Crippen molar-refractivity contribution < 1.29 is 32.7 Å². The van der Waals surface area contributed by atoms with Crippen LogP contribution < -0.4 is 5.73 Å². The number of hydrogen-bond acceptors (Lipinski definition) is 5. The van der Waals surface area contributed by atoms with Crippen molar-refractivity contribution in [1.82, 2.24) is 9.80 Å². The second kappa shape index (κ2) is 13.0. The highest BCUT2D eigenvalue weighted by Gasteiger charge is 2.43. The van der Waals surface area contributed by atoms with E-state index in [0.29, 0.717) is 36.1 Å². The van der Waals surface area contributed by atoms with Crippen LogP contribution in [0.1, 0.15) is 63.1 Å². The lowest BCUT2D eigenvalue weighted by Crippen LogP contribution is -2.55. The van der Waals surface area contributed by atoms with Gasteiger partial charge in [0.05, 0.1) is 0 Å². The number of carbonyl (C=O) groups excluding carboxylic acids is 4. The van der Waals surface area contributed by atoms with E-state index in [2.05, 4.69) is 31.5 Å². The minimum atomic E-state index is -1.33. The predicted octanol–water partition coefficient (Wildman–Crippen LogP) is 4.22. The first-order chi connectivity index (χ1) is 19.9. The zero-order valence-electron chi connectivity index (χ0n) is 24.1. The molecule has 0 radical (unpaired) electrons. The molecule has 0 saturated carbocycles. The van der Waals surface area contributed by atoms with Gasteiger partial charge in [0, 0.05) is 56.3 Å². The van der Waals surface area contributed by atoms with Gasteiger partial charge in [0.15, 0.2) is 0 Å². The van der Waals surface area contributed by atoms with Crippen LogP contribution in [0, 0.1) is 23.5 Å². The number of nitrogens with two attached hydrogens (primary N) is 1. The third-order valence-corrected chi connectivity index (χ3v) is 9.15. The lowest BCUT2D eigenvalue weighted by Gasteiger charge is -2.35. The van der Waals surface area contributed by atoms with Crippen molar-refractivity contribution in [3.05, 3.63) is 69.8 Å². The highest BCUT2D eigenvalue weighted by atomic mass is 28.3. The molecule has 8 nitrogen and oxygen atoms in total. The summed E-state index contributed by atoms with van der Waals surface area (Å²) in [6.45, 7) is 7.20. The first kappa shape index (κ1) is 31.1. The van der Waals surface area contributed by atoms with E-state index in [1.165, 1.54) is 4.90 Å². The number of nitrogens with zero attached hydrogens (tertiary/aromatic N) is 2. The van der Waals surface area contributed by atoms with Crippen molar-refractivity contribution in [3.63, 3.8) is 0 Å². The first-order valence-corrected chi connectivity index (χ1v) is 17.7. The van der Waals surface area contributed by atoms with Gasteiger partial charge >= 0.3 is 0 Å². The maximum absolute atomic E-state index is 14.2. The Labute approximate surface area is 245 Å². The van der Waals surface area contributed by atoms with Crippen LogP contribution in [-0.2, 0) is 27.3 Å². The fraction of sp³-hybridized carbons (Fsp3) is 0.419. The number of rotatable bonds is 10. The molecule has 4 rings (SSSR count). The van der Waals surface area contributed by atoms with Crippen LogP contribution in [0.25, 0.3) is 0 Å². The van der Waals surface area contributed by atoms with Crippen LogP contribution in [0.2, 0.25) is 25.7 Å². The van der Waals surface area contributed by atoms with Gasteiger partial charge in [-0.15, -0.1) is 0 Å². The Morgan fingerprint density at radius 3 is 2.52 bits per heavy atom. The largest absolute Gasteiger partial charge is 0.366 e. The number of piperidine rings is 1. The molecule has 1 unspecified atom stereocenters. The highest BCUT2D eigenvalue weighted by molar-refractivity contribution is 6.76. The van der Waals surface area contributed by atoms with E-state index in [1.54, 1.807) is 18.2 Å². The maximum atomic E-state index is 14.2. The van der Waals surface area contributed by atoms with Gasteiger partial charge in [-0.05, 0) is 55.1 Å². The summed E-state index contributed by atoms with van der Waals surface area (Å²) in [6, 6.07) is 7.20. The summed E-state index contributed by atoms with van der Waals surface area (Å²) in [5.74, 6) is 2.49. The number of carbonyl (C=O) groups is 4. The van der Waals surface area contributed by atoms with Gasteiger partial charge in [-0.1, -0.05) is 37.5 Å². The summed E-state index contributed by atoms with van der Waals surface area (Å²) in [6.07, 6.45) is 1.20. The zero-order valence-corrected chi connectivity index (χ0v) is 25.1. The third kappa shape index (κ3) is 7.12. The summed E-state index contributed by atoms with van der Waals surface area (Å²) in [5, 5.41) is 0. The number of amides is 4. The number of imide groups is 1. The minimum absolute atomic E-state index is 0.0887. The number of primary amides is 1. The van der Waals surface area contributed by atoms with E-state index in [9.17, 15) is 28.0 Å². The van der Waals surface area contributed by atoms with E-state index in [-0.39, 0.29) is 55.5 Å². The molecule has 0 aromatic heterocycles. The van der Waals surface area contributed by atoms with Gasteiger partial charge in [0.2, 0.25) is 11.8 Å². The molecule has 2 aliphatic heterocycles. The maximum Gasteiger partial charge on any atom is 0.255 e. The van der Waals surface area contributed by atoms with Gasteiger partial charge in [-0.25, -0.2) is 8.78 Å². The molecule has 2 aliphatic rings. The summed E-state index contributed by atoms with van der Waals surface area (Å²) >= 11 is 0. The quantitative estimate of drug-likeness (QED) is 0.191. The highest BCUT2D eigenvalue weighted by Crippen LogP contribution is 2.31. The standard InChI is InChI=1S/C31H35F2N3O5Si/c1-42(2,3)15-14-41-19-36-28(37)13-12-27(31(36)40)35-18-24-20(9-7-11-22(24)30(35)39)8-5-4-6-10-23-25(32)16-21(29(34)38)17-26(23)33/h7,9,11,16-17,27H,4,6,10,12-15,18-19H2,1-3H3,(H2,34,38). The second-order valence-corrected chi connectivity index (χ2v) is 17.4. The molecule has 222 valence electrons. The normalized spacial score (nSPS) is 16.9. The number of unbranched alkanes of at least 4 members (excludes halogenated alkanes) is 1. The topological polar surface area (TPSA) is 110 Å². The van der Waals surface area contributed by atoms with E-state index in [0.717, 1.165) is 23.1 Å². The van der Waals surface area contributed by atoms with Crippen molar-refractivity contribution >= 4 is 31.7 Å². The molecular formula is C31H35F2N3O5Si. The van der Waals surface area contributed by atoms with Gasteiger partial charge < -0.3 is 15.4 Å². The van der Waals surface area contributed by atoms with Crippen LogP contribution in [0.5, 0.6) is 0 Å². The van der Waals surface area contributed by atoms with Crippen molar-refractivity contribution in [2.75, 3.05) is 13.3 Å². The summed E-state index contributed by atoms with van der Waals surface area (Å²) in [4.78, 5) is 52.9. The second-order valence-electron chi connectivity index (χ2n) is 11.8. The van der Waals surface area contributed by atoms with E-state index >= 15 is 0 Å². The van der Waals surface area contributed by atoms with Crippen LogP contribution in [-0.4, -0.2) is 60.9 Å². The summed E-state index contributed by atoms with van der Waals surface area (Å²) in [7, 11) is -1.33. The van der Waals surface area contributed by atoms with E-state index < -0.39 is 37.6 Å². The van der Waals surface area contributed by atoms with Crippen molar-refractivity contribution in [2.24, 2.45) is 5.73 Å². The average molecular weight is 596 g/mol.